The van der Waals surface area contributed by atoms with E-state index >= 15 is 0 Å². The maximum Gasteiger partial charge on any atom is 0.232 e. The molecular formula is C39H62N8O5Si2. The molecule has 0 bridgehead atoms. The van der Waals surface area contributed by atoms with Crippen LogP contribution in [0, 0.1) is 6.92 Å². The monoisotopic (exact) mass is 778 g/mol. The van der Waals surface area contributed by atoms with Gasteiger partial charge in [0.1, 0.15) is 12.1 Å². The van der Waals surface area contributed by atoms with Crippen molar-refractivity contribution in [3.63, 3.8) is 0 Å². The van der Waals surface area contributed by atoms with Gasteiger partial charge in [0, 0.05) is 24.8 Å². The first-order valence-corrected chi connectivity index (χ1v) is 25.0. The van der Waals surface area contributed by atoms with E-state index in [0.717, 1.165) is 60.5 Å². The molecule has 0 amide bonds. The first kappa shape index (κ1) is 40.0. The van der Waals surface area contributed by atoms with E-state index in [4.69, 9.17) is 43.1 Å². The van der Waals surface area contributed by atoms with Crippen molar-refractivity contribution < 1.29 is 23.1 Å². The number of imidazole rings is 1. The Morgan fingerprint density at radius 1 is 0.889 bits per heavy atom. The van der Waals surface area contributed by atoms with Gasteiger partial charge in [0.15, 0.2) is 39.6 Å². The molecule has 296 valence electrons. The number of benzene rings is 1. The third-order valence-electron chi connectivity index (χ3n) is 12.3. The first-order chi connectivity index (χ1) is 25.3. The van der Waals surface area contributed by atoms with Crippen LogP contribution in [-0.2, 0) is 8.85 Å². The average molecular weight is 779 g/mol. The zero-order valence-electron chi connectivity index (χ0n) is 35.0. The first-order valence-electron chi connectivity index (χ1n) is 19.2. The summed E-state index contributed by atoms with van der Waals surface area (Å²) >= 11 is 0. The van der Waals surface area contributed by atoms with Crippen LogP contribution in [0.15, 0.2) is 24.7 Å². The number of nitrogens with zero attached hydrogens (tertiary/aromatic N) is 7. The predicted molar refractivity (Wildman–Crippen MR) is 220 cm³/mol. The summed E-state index contributed by atoms with van der Waals surface area (Å²) in [5.74, 6) is 3.61. The Morgan fingerprint density at radius 2 is 1.54 bits per heavy atom. The van der Waals surface area contributed by atoms with Crippen molar-refractivity contribution in [3.8, 4) is 22.9 Å². The van der Waals surface area contributed by atoms with Gasteiger partial charge in [-0.3, -0.25) is 0 Å². The molecule has 1 saturated heterocycles. The molecule has 0 radical (unpaired) electrons. The fourth-order valence-electron chi connectivity index (χ4n) is 6.80. The van der Waals surface area contributed by atoms with Crippen molar-refractivity contribution in [2.24, 2.45) is 0 Å². The second kappa shape index (κ2) is 14.8. The molecule has 1 saturated carbocycles. The summed E-state index contributed by atoms with van der Waals surface area (Å²) < 4.78 is 34.3. The summed E-state index contributed by atoms with van der Waals surface area (Å²) in [5, 5.41) is 9.87. The van der Waals surface area contributed by atoms with Gasteiger partial charge in [-0.2, -0.15) is 15.1 Å². The summed E-state index contributed by atoms with van der Waals surface area (Å²) in [6, 6.07) is 4.17. The van der Waals surface area contributed by atoms with Gasteiger partial charge in [0.25, 0.3) is 0 Å². The molecule has 13 nitrogen and oxygen atoms in total. The minimum absolute atomic E-state index is 0.133. The van der Waals surface area contributed by atoms with Gasteiger partial charge < -0.3 is 37.8 Å². The fraction of sp³-hybridized carbons (Fsp3) is 0.641. The van der Waals surface area contributed by atoms with E-state index in [2.05, 4.69) is 89.6 Å². The van der Waals surface area contributed by atoms with Crippen LogP contribution in [0.2, 0.25) is 36.3 Å². The Bertz CT molecular complexity index is 1930. The lowest BCUT2D eigenvalue weighted by Crippen LogP contribution is -2.48. The van der Waals surface area contributed by atoms with Crippen molar-refractivity contribution in [1.82, 2.24) is 29.3 Å². The van der Waals surface area contributed by atoms with Gasteiger partial charge >= 0.3 is 0 Å². The number of anilines is 3. The van der Waals surface area contributed by atoms with Crippen LogP contribution >= 0.6 is 0 Å². The van der Waals surface area contributed by atoms with Gasteiger partial charge in [-0.15, -0.1) is 0 Å². The molecule has 4 heterocycles. The van der Waals surface area contributed by atoms with Crippen molar-refractivity contribution in [2.45, 2.75) is 129 Å². The number of nitrogens with one attached hydrogen (secondary N) is 1. The van der Waals surface area contributed by atoms with Crippen LogP contribution in [0.5, 0.6) is 17.2 Å². The second-order valence-corrected chi connectivity index (χ2v) is 27.5. The van der Waals surface area contributed by atoms with Crippen LogP contribution in [0.3, 0.4) is 0 Å². The summed E-state index contributed by atoms with van der Waals surface area (Å²) in [6.07, 6.45) is 7.81. The van der Waals surface area contributed by atoms with Crippen LogP contribution in [-0.4, -0.2) is 92.6 Å². The smallest absolute Gasteiger partial charge is 0.232 e. The molecule has 2 fully saturated rings. The molecule has 15 heteroatoms. The Balaban J connectivity index is 1.35. The van der Waals surface area contributed by atoms with Gasteiger partial charge in [-0.25, -0.2) is 9.67 Å². The Hall–Kier alpha value is -3.67. The standard InChI is InChI=1S/C39H62N8O5Si2/c1-25-33-35(46-17-15-16-26(46)23-51-53(11,12)38(2,3)4)42-37(43-36(33)47(44-25)28-18-29(19-28)52-54(13,14)39(5,6)7)41-32-22-45(24-40-32)27-20-30(48-8)34(50-10)31(21-27)49-9/h20-22,24,26,28-29H,15-19,23H2,1-14H3,(H,41,42,43)/t26-,28?,29?/m0/s1. The number of hydrogen-bond donors (Lipinski definition) is 1. The van der Waals surface area contributed by atoms with Gasteiger partial charge in [0.05, 0.1) is 63.0 Å². The van der Waals surface area contributed by atoms with E-state index in [9.17, 15) is 0 Å². The SMILES string of the molecule is COc1cc(-n2cnc(Nc3nc(N4CCC[C@H]4CO[Si](C)(C)C(C)(C)C)c4c(C)nn(C5CC(O[Si](C)(C)C(C)(C)C)C5)c4n3)c2)cc(OC)c1OC. The number of fused-ring (bicyclic) bond motifs is 1. The van der Waals surface area contributed by atoms with E-state index in [1.54, 1.807) is 27.7 Å². The zero-order chi connectivity index (χ0) is 39.4. The molecule has 1 atom stereocenters. The molecule has 54 heavy (non-hydrogen) atoms. The molecule has 6 rings (SSSR count). The minimum Gasteiger partial charge on any atom is -0.493 e. The number of aryl methyl sites for hydroxylation is 1. The number of hydrogen-bond acceptors (Lipinski definition) is 11. The normalized spacial score (nSPS) is 19.7. The van der Waals surface area contributed by atoms with E-state index in [-0.39, 0.29) is 28.3 Å². The lowest BCUT2D eigenvalue weighted by molar-refractivity contribution is 0.0543. The van der Waals surface area contributed by atoms with Gasteiger partial charge in [-0.1, -0.05) is 41.5 Å². The number of aromatic nitrogens is 6. The lowest BCUT2D eigenvalue weighted by atomic mass is 9.90. The summed E-state index contributed by atoms with van der Waals surface area (Å²) in [4.78, 5) is 17.5. The number of rotatable bonds is 13. The Labute approximate surface area is 323 Å². The Kier molecular flexibility index (Phi) is 10.9. The fourth-order valence-corrected chi connectivity index (χ4v) is 9.22. The van der Waals surface area contributed by atoms with Crippen LogP contribution in [0.4, 0.5) is 17.6 Å². The number of methoxy groups -OCH3 is 3. The second-order valence-electron chi connectivity index (χ2n) is 18.0. The predicted octanol–water partition coefficient (Wildman–Crippen LogP) is 8.81. The highest BCUT2D eigenvalue weighted by molar-refractivity contribution is 6.74. The van der Waals surface area contributed by atoms with E-state index in [1.165, 1.54) is 0 Å². The van der Waals surface area contributed by atoms with Crippen LogP contribution < -0.4 is 24.4 Å². The maximum absolute atomic E-state index is 6.80. The third kappa shape index (κ3) is 7.73. The summed E-state index contributed by atoms with van der Waals surface area (Å²) in [6.45, 7) is 26.7. The molecule has 0 unspecified atom stereocenters. The average Bonchev–Trinajstić information content (AvgIpc) is 3.82. The largest absolute Gasteiger partial charge is 0.493 e. The summed E-state index contributed by atoms with van der Waals surface area (Å²) in [7, 11) is 0.973. The van der Waals surface area contributed by atoms with Gasteiger partial charge in [0.2, 0.25) is 11.7 Å². The van der Waals surface area contributed by atoms with E-state index in [0.29, 0.717) is 35.6 Å². The summed E-state index contributed by atoms with van der Waals surface area (Å²) in [5.41, 5.74) is 2.57. The van der Waals surface area contributed by atoms with Gasteiger partial charge in [-0.05, 0) is 68.9 Å². The highest BCUT2D eigenvalue weighted by atomic mass is 28.4. The quantitative estimate of drug-likeness (QED) is 0.131. The maximum atomic E-state index is 6.80. The minimum atomic E-state index is -1.95. The number of ether oxygens (including phenoxy) is 3. The zero-order valence-corrected chi connectivity index (χ0v) is 37.0. The lowest BCUT2D eigenvalue weighted by Gasteiger charge is -2.44. The molecule has 1 aliphatic heterocycles. The van der Waals surface area contributed by atoms with Crippen LogP contribution in [0.1, 0.15) is 79.0 Å². The molecule has 4 aromatic rings. The van der Waals surface area contributed by atoms with Crippen molar-refractivity contribution >= 4 is 45.3 Å². The van der Waals surface area contributed by atoms with Crippen molar-refractivity contribution in [2.75, 3.05) is 44.7 Å². The highest BCUT2D eigenvalue weighted by Crippen LogP contribution is 2.45. The van der Waals surface area contributed by atoms with E-state index < -0.39 is 16.6 Å². The topological polar surface area (TPSA) is 123 Å². The molecular weight excluding hydrogens is 717 g/mol. The molecule has 0 spiro atoms. The molecule has 1 aromatic carbocycles. The highest BCUT2D eigenvalue weighted by Gasteiger charge is 2.44. The molecule has 3 aromatic heterocycles. The Morgan fingerprint density at radius 3 is 2.13 bits per heavy atom. The molecule has 1 N–H and O–H groups in total. The van der Waals surface area contributed by atoms with Crippen molar-refractivity contribution in [3.05, 3.63) is 30.4 Å². The van der Waals surface area contributed by atoms with E-state index in [1.807, 2.05) is 22.9 Å². The molecule has 1 aliphatic carbocycles. The third-order valence-corrected chi connectivity index (χ3v) is 21.3. The molecule has 2 aliphatic rings. The van der Waals surface area contributed by atoms with Crippen LogP contribution in [0.25, 0.3) is 16.7 Å². The van der Waals surface area contributed by atoms with Crippen molar-refractivity contribution in [1.29, 1.82) is 0 Å².